The van der Waals surface area contributed by atoms with Crippen LogP contribution in [0.3, 0.4) is 0 Å². The third kappa shape index (κ3) is 14.8. The van der Waals surface area contributed by atoms with Gasteiger partial charge in [-0.2, -0.15) is 0 Å². The van der Waals surface area contributed by atoms with E-state index in [1.807, 2.05) is 174 Å². The first-order chi connectivity index (χ1) is 42.8. The number of fused-ring (bicyclic) bond motifs is 12. The number of hydrogen-bond acceptors (Lipinski definition) is 9. The fraction of sp³-hybridized carbons (Fsp3) is 0.203. The summed E-state index contributed by atoms with van der Waals surface area (Å²) in [5.41, 5.74) is 15.1. The number of para-hydroxylation sites is 5. The van der Waals surface area contributed by atoms with Crippen molar-refractivity contribution in [2.45, 2.75) is 53.4 Å². The number of benzene rings is 5. The van der Waals surface area contributed by atoms with E-state index in [4.69, 9.17) is 56.9 Å². The van der Waals surface area contributed by atoms with Crippen molar-refractivity contribution in [1.29, 1.82) is 0 Å². The number of carbonyl (C=O) groups excluding carboxylic acids is 5. The largest absolute Gasteiger partial charge is 0.762 e. The number of amides is 5. The van der Waals surface area contributed by atoms with Gasteiger partial charge in [-0.25, -0.2) is 0 Å². The molecule has 4 aromatic heterocycles. The molecule has 0 aliphatic carbocycles. The molecule has 4 aliphatic heterocycles. The number of nitrogens with one attached hydrogen (secondary N) is 2. The summed E-state index contributed by atoms with van der Waals surface area (Å²) in [5, 5.41) is 28.0. The molecule has 0 spiro atoms. The van der Waals surface area contributed by atoms with Crippen molar-refractivity contribution in [3.63, 3.8) is 0 Å². The van der Waals surface area contributed by atoms with Gasteiger partial charge in [0.05, 0.1) is 41.6 Å². The Hall–Kier alpha value is -8.26. The first kappa shape index (κ1) is 69.2. The lowest BCUT2D eigenvalue weighted by Crippen LogP contribution is -2.63. The Balaban J connectivity index is 0.000000173. The van der Waals surface area contributed by atoms with E-state index in [2.05, 4.69) is 21.3 Å². The number of hydrogen-bond donors (Lipinski definition) is 5. The summed E-state index contributed by atoms with van der Waals surface area (Å²) in [6.07, 6.45) is 4.12. The molecule has 0 saturated carbocycles. The molecule has 13 radical (unpaired) electrons. The summed E-state index contributed by atoms with van der Waals surface area (Å²) >= 11 is 0. The molecule has 5 aromatic carbocycles. The first-order valence-electron chi connectivity index (χ1n) is 28.5. The molecule has 1 unspecified atom stereocenters. The van der Waals surface area contributed by atoms with Crippen LogP contribution in [0.25, 0.3) is 60.5 Å². The molecule has 439 valence electrons. The zero-order valence-corrected chi connectivity index (χ0v) is 48.9. The summed E-state index contributed by atoms with van der Waals surface area (Å²) in [6.45, 7) is 6.74. The summed E-state index contributed by atoms with van der Waals surface area (Å²) in [7, 11) is 29.8. The van der Waals surface area contributed by atoms with Crippen LogP contribution in [0.1, 0.15) is 49.7 Å². The van der Waals surface area contributed by atoms with E-state index in [0.29, 0.717) is 41.2 Å². The van der Waals surface area contributed by atoms with Crippen molar-refractivity contribution in [2.24, 2.45) is 5.73 Å². The van der Waals surface area contributed by atoms with E-state index in [-0.39, 0.29) is 57.3 Å². The number of halogens is 3. The van der Waals surface area contributed by atoms with Crippen LogP contribution in [-0.2, 0) is 54.8 Å². The van der Waals surface area contributed by atoms with E-state index < -0.39 is 38.5 Å². The van der Waals surface area contributed by atoms with Gasteiger partial charge in [0, 0.05) is 174 Å². The average Bonchev–Trinajstić information content (AvgIpc) is 1.53. The molecular formula is C59H58B12F3N8O8. The minimum atomic E-state index is -3.67. The van der Waals surface area contributed by atoms with Gasteiger partial charge in [-0.15, -0.1) is 0 Å². The van der Waals surface area contributed by atoms with E-state index in [1.165, 1.54) is 7.06 Å². The number of aliphatic hydroxyl groups excluding tert-OH is 2. The molecule has 31 heteroatoms. The van der Waals surface area contributed by atoms with E-state index in [9.17, 15) is 47.1 Å². The van der Waals surface area contributed by atoms with E-state index in [0.717, 1.165) is 85.8 Å². The number of aliphatic hydroxyl groups is 2. The monoisotopic (exact) mass is 1200 g/mol. The Morgan fingerprint density at radius 2 is 1.18 bits per heavy atom. The van der Waals surface area contributed by atoms with Crippen LogP contribution in [-0.4, -0.2) is 171 Å². The van der Waals surface area contributed by atoms with Crippen LogP contribution in [0.4, 0.5) is 18.6 Å². The van der Waals surface area contributed by atoms with Gasteiger partial charge in [0.2, 0.25) is 5.91 Å². The summed E-state index contributed by atoms with van der Waals surface area (Å²) < 4.78 is 41.5. The third-order valence-electron chi connectivity index (χ3n) is 15.1. The number of rotatable bonds is 14. The fourth-order valence-corrected chi connectivity index (χ4v) is 11.6. The zero-order valence-electron chi connectivity index (χ0n) is 48.9. The molecule has 9 aromatic rings. The van der Waals surface area contributed by atoms with Gasteiger partial charge < -0.3 is 43.9 Å². The van der Waals surface area contributed by atoms with Crippen LogP contribution in [0.2, 0.25) is 0 Å². The van der Waals surface area contributed by atoms with Crippen LogP contribution >= 0.6 is 0 Å². The van der Waals surface area contributed by atoms with Crippen molar-refractivity contribution in [3.05, 3.63) is 180 Å². The van der Waals surface area contributed by atoms with Gasteiger partial charge in [-0.3, -0.25) is 47.6 Å². The lowest BCUT2D eigenvalue weighted by Gasteiger charge is -2.33. The molecule has 6 N–H and O–H groups in total. The van der Waals surface area contributed by atoms with Gasteiger partial charge in [0.25, 0.3) is 23.6 Å². The lowest BCUT2D eigenvalue weighted by molar-refractivity contribution is -0.124. The highest BCUT2D eigenvalue weighted by atomic mass is 19.4. The predicted molar refractivity (Wildman–Crippen MR) is 364 cm³/mol. The van der Waals surface area contributed by atoms with Gasteiger partial charge in [0.1, 0.15) is 17.9 Å². The zero-order chi connectivity index (χ0) is 64.2. The molecule has 13 rings (SSSR count). The van der Waals surface area contributed by atoms with Gasteiger partial charge in [-0.05, 0) is 72.6 Å². The normalized spacial score (nSPS) is 13.9. The molecule has 5 amide bonds. The topological polar surface area (TPSA) is 208 Å². The highest BCUT2D eigenvalue weighted by molar-refractivity contribution is 8.02. The first-order valence-corrected chi connectivity index (χ1v) is 28.5. The summed E-state index contributed by atoms with van der Waals surface area (Å²) in [5.74, 6) is -1.84. The highest BCUT2D eigenvalue weighted by Crippen LogP contribution is 2.53. The Kier molecular flexibility index (Phi) is 24.2. The Morgan fingerprint density at radius 1 is 0.656 bits per heavy atom. The smallest absolute Gasteiger partial charge is 0.395 e. The molecule has 8 heterocycles. The fourth-order valence-electron chi connectivity index (χ4n) is 11.6. The number of nitrogens with zero attached hydrogens (tertiary/aromatic N) is 5. The van der Waals surface area contributed by atoms with Crippen molar-refractivity contribution < 1.29 is 51.9 Å². The molecule has 0 saturated heterocycles. The maximum atomic E-state index is 12.8. The maximum absolute atomic E-state index is 12.8. The number of anilines is 1. The minimum absolute atomic E-state index is 0. The molecule has 0 fully saturated rings. The van der Waals surface area contributed by atoms with Crippen molar-refractivity contribution >= 4 is 182 Å². The van der Waals surface area contributed by atoms with Crippen molar-refractivity contribution in [2.75, 3.05) is 31.3 Å². The molecule has 90 heavy (non-hydrogen) atoms. The molecule has 0 bridgehead atoms. The average molecular weight is 1190 g/mol. The van der Waals surface area contributed by atoms with E-state index >= 15 is 0 Å². The van der Waals surface area contributed by atoms with Crippen LogP contribution < -0.4 is 21.3 Å². The SMILES string of the molecule is C.CCOCC.FB(F)F.NC(=O)Cn1ccc2ccccc21.O=C1NC(=O)C(n2ccc3ccccc32)=C1c1cn(CCO)c2ccccc12.O=C1NC(=O)C2=C1c1c(n(CCO)c3ccccc13)C1Cc3ccccc3N21.[B][B]B([B])B(B([B])[B])B([B])[B]. The second-order valence-corrected chi connectivity index (χ2v) is 20.6. The maximum Gasteiger partial charge on any atom is 0.762 e. The highest BCUT2D eigenvalue weighted by Gasteiger charge is 2.49. The minimum Gasteiger partial charge on any atom is -0.395 e. The standard InChI is InChI=1S/2C22H17N3O3.C10H10N2O.C4H10O.CH4.B11.BF3/c26-10-9-24-15-8-4-2-6-13(15)17-18-20(22(28)23-21(18)27)25-14-7-3-1-5-12(14)11-16(25)19(17)24;26-12-11-24-13-16(15-6-2-4-8-18(15)24)19-20(22(28)23-21(19)27)25-10-9-14-5-1-3-7-17(14)25;11-10(13)7-12-6-5-8-3-1-2-4-9(8)12;1-3-5-4-2;;1-7-10(6)11(8(2)3)9(4)5;2-1(3)4/h1-8,16,26H,9-11H2,(H,23,27,28);1-10,13,26H,11-12H2,(H,23,27,28);1-6H,7H2,(H2,11,13);3-4H2,1-2H3;1H4;;. The van der Waals surface area contributed by atoms with Gasteiger partial charge in [0.15, 0.2) is 0 Å². The van der Waals surface area contributed by atoms with Crippen molar-refractivity contribution in [3.8, 4) is 0 Å². The third-order valence-corrected chi connectivity index (χ3v) is 15.1. The second kappa shape index (κ2) is 31.5. The quantitative estimate of drug-likeness (QED) is 0.0780. The van der Waals surface area contributed by atoms with Crippen LogP contribution in [0.5, 0.6) is 0 Å². The summed E-state index contributed by atoms with van der Waals surface area (Å²) in [4.78, 5) is 63.8. The number of carbonyl (C=O) groups is 5. The second-order valence-electron chi connectivity index (χ2n) is 20.6. The Labute approximate surface area is 531 Å². The summed E-state index contributed by atoms with van der Waals surface area (Å²) in [6, 6.07) is 43.0. The van der Waals surface area contributed by atoms with Gasteiger partial charge in [-0.1, -0.05) is 98.4 Å². The lowest BCUT2D eigenvalue weighted by atomic mass is 8.56. The van der Waals surface area contributed by atoms with Gasteiger partial charge >= 0.3 is 7.54 Å². The van der Waals surface area contributed by atoms with Crippen LogP contribution in [0.15, 0.2) is 158 Å². The number of aromatic nitrogens is 4. The molecule has 1 atom stereocenters. The van der Waals surface area contributed by atoms with E-state index in [1.54, 1.807) is 4.57 Å². The number of imide groups is 2. The molecule has 16 nitrogen and oxygen atoms in total. The Morgan fingerprint density at radius 3 is 1.76 bits per heavy atom. The van der Waals surface area contributed by atoms with Crippen LogP contribution in [0, 0.1) is 0 Å². The molecular weight excluding hydrogens is 1140 g/mol. The number of ether oxygens (including phenoxy) is 1. The predicted octanol–water partition coefficient (Wildman–Crippen LogP) is 4.23. The Bertz CT molecular complexity index is 4110. The van der Waals surface area contributed by atoms with Crippen molar-refractivity contribution in [1.82, 2.24) is 28.9 Å². The molecule has 4 aliphatic rings. The number of nitrogens with two attached hydrogens (primary N) is 1. The number of primary amides is 1.